The van der Waals surface area contributed by atoms with Crippen LogP contribution in [0.5, 0.6) is 11.5 Å². The van der Waals surface area contributed by atoms with E-state index in [1.54, 1.807) is 25.3 Å². The molecule has 1 fully saturated rings. The van der Waals surface area contributed by atoms with Crippen molar-refractivity contribution in [2.24, 2.45) is 0 Å². The van der Waals surface area contributed by atoms with Crippen molar-refractivity contribution < 1.29 is 36.9 Å². The number of ether oxygens (including phenoxy) is 3. The molecule has 9 nitrogen and oxygen atoms in total. The van der Waals surface area contributed by atoms with Crippen molar-refractivity contribution >= 4 is 21.6 Å². The number of amides is 1. The number of carbonyl (C=O) groups excluding carboxylic acids is 1. The normalized spacial score (nSPS) is 21.8. The fourth-order valence-electron chi connectivity index (χ4n) is 5.00. The predicted octanol–water partition coefficient (Wildman–Crippen LogP) is 3.34. The van der Waals surface area contributed by atoms with Crippen LogP contribution in [0.2, 0.25) is 0 Å². The maximum absolute atomic E-state index is 13.2. The number of carbonyl (C=O) groups is 1. The van der Waals surface area contributed by atoms with E-state index in [0.29, 0.717) is 24.4 Å². The van der Waals surface area contributed by atoms with Gasteiger partial charge in [0, 0.05) is 23.7 Å². The van der Waals surface area contributed by atoms with Crippen molar-refractivity contribution in [2.75, 3.05) is 18.4 Å². The molecule has 2 heterocycles. The van der Waals surface area contributed by atoms with Crippen molar-refractivity contribution in [3.05, 3.63) is 83.7 Å². The van der Waals surface area contributed by atoms with Crippen LogP contribution < -0.4 is 19.5 Å². The van der Waals surface area contributed by atoms with E-state index in [1.165, 1.54) is 12.1 Å². The standard InChI is InChI=1S/C28H29FN2O7S/c1-36-20-7-2-17(3-8-20)15-30-27(33)14-21-13-24-23-12-19(6-11-25(23)38-28(24)26(16-32)37-21)31-39(34,35)22-9-4-18(29)5-10-22/h2-12,21,24,26,28,31-32H,13-16H2,1H3,(H,30,33)/t21-,24+,26+,28-/m1/s1. The van der Waals surface area contributed by atoms with Crippen LogP contribution in [0.3, 0.4) is 0 Å². The van der Waals surface area contributed by atoms with Gasteiger partial charge in [0.1, 0.15) is 29.5 Å². The molecule has 3 N–H and O–H groups in total. The van der Waals surface area contributed by atoms with Crippen LogP contribution in [0.25, 0.3) is 0 Å². The molecule has 39 heavy (non-hydrogen) atoms. The molecular weight excluding hydrogens is 527 g/mol. The highest BCUT2D eigenvalue weighted by Gasteiger charge is 2.46. The van der Waals surface area contributed by atoms with E-state index in [-0.39, 0.29) is 29.7 Å². The van der Waals surface area contributed by atoms with Gasteiger partial charge in [-0.25, -0.2) is 12.8 Å². The van der Waals surface area contributed by atoms with Gasteiger partial charge in [0.15, 0.2) is 0 Å². The average Bonchev–Trinajstić information content (AvgIpc) is 3.29. The van der Waals surface area contributed by atoms with Gasteiger partial charge >= 0.3 is 0 Å². The summed E-state index contributed by atoms with van der Waals surface area (Å²) in [5.41, 5.74) is 2.02. The Bertz CT molecular complexity index is 1430. The maximum Gasteiger partial charge on any atom is 0.261 e. The number of hydrogen-bond acceptors (Lipinski definition) is 7. The number of rotatable bonds is 9. The number of aliphatic hydroxyl groups excluding tert-OH is 1. The lowest BCUT2D eigenvalue weighted by atomic mass is 9.84. The molecule has 3 aromatic rings. The second-order valence-electron chi connectivity index (χ2n) is 9.54. The molecule has 2 aliphatic heterocycles. The molecule has 1 amide bonds. The van der Waals surface area contributed by atoms with E-state index in [0.717, 1.165) is 29.0 Å². The van der Waals surface area contributed by atoms with E-state index in [4.69, 9.17) is 14.2 Å². The first-order valence-electron chi connectivity index (χ1n) is 12.5. The Morgan fingerprint density at radius 1 is 1.10 bits per heavy atom. The Morgan fingerprint density at radius 3 is 2.54 bits per heavy atom. The third kappa shape index (κ3) is 6.00. The van der Waals surface area contributed by atoms with Crippen LogP contribution in [0, 0.1) is 5.82 Å². The number of hydrogen-bond donors (Lipinski definition) is 3. The summed E-state index contributed by atoms with van der Waals surface area (Å²) in [6, 6.07) is 16.9. The Hall–Kier alpha value is -3.67. The molecular formula is C28H29FN2O7S. The third-order valence-electron chi connectivity index (χ3n) is 6.94. The second-order valence-corrected chi connectivity index (χ2v) is 11.2. The van der Waals surface area contributed by atoms with Crippen LogP contribution in [-0.2, 0) is 26.1 Å². The molecule has 4 atom stereocenters. The van der Waals surface area contributed by atoms with Crippen LogP contribution in [0.1, 0.15) is 29.9 Å². The van der Waals surface area contributed by atoms with E-state index in [9.17, 15) is 22.7 Å². The number of benzene rings is 3. The first-order chi connectivity index (χ1) is 18.8. The molecule has 3 aromatic carbocycles. The summed E-state index contributed by atoms with van der Waals surface area (Å²) in [6.45, 7) is 0.0672. The highest BCUT2D eigenvalue weighted by Crippen LogP contribution is 2.47. The first kappa shape index (κ1) is 26.9. The molecule has 0 spiro atoms. The van der Waals surface area contributed by atoms with Crippen molar-refractivity contribution in [2.45, 2.75) is 48.5 Å². The number of aliphatic hydroxyl groups is 1. The fourth-order valence-corrected chi connectivity index (χ4v) is 6.05. The highest BCUT2D eigenvalue weighted by molar-refractivity contribution is 7.92. The SMILES string of the molecule is COc1ccc(CNC(=O)C[C@H]2C[C@H]3c4cc(NS(=O)(=O)c5ccc(F)cc5)ccc4O[C@H]3[C@H](CO)O2)cc1. The van der Waals surface area contributed by atoms with Crippen LogP contribution >= 0.6 is 0 Å². The summed E-state index contributed by atoms with van der Waals surface area (Å²) >= 11 is 0. The average molecular weight is 557 g/mol. The van der Waals surface area contributed by atoms with Gasteiger partial charge in [-0.2, -0.15) is 0 Å². The molecule has 0 aromatic heterocycles. The van der Waals surface area contributed by atoms with Crippen molar-refractivity contribution in [3.63, 3.8) is 0 Å². The van der Waals surface area contributed by atoms with Crippen LogP contribution in [-0.4, -0.2) is 51.5 Å². The molecule has 0 bridgehead atoms. The number of methoxy groups -OCH3 is 1. The van der Waals surface area contributed by atoms with Crippen LogP contribution in [0.15, 0.2) is 71.6 Å². The van der Waals surface area contributed by atoms with E-state index in [1.807, 2.05) is 24.3 Å². The van der Waals surface area contributed by atoms with Crippen molar-refractivity contribution in [1.29, 1.82) is 0 Å². The number of nitrogens with one attached hydrogen (secondary N) is 2. The van der Waals surface area contributed by atoms with E-state index in [2.05, 4.69) is 10.0 Å². The highest BCUT2D eigenvalue weighted by atomic mass is 32.2. The van der Waals surface area contributed by atoms with E-state index >= 15 is 0 Å². The van der Waals surface area contributed by atoms with Gasteiger partial charge in [0.25, 0.3) is 10.0 Å². The molecule has 1 saturated heterocycles. The van der Waals surface area contributed by atoms with Gasteiger partial charge in [0.2, 0.25) is 5.91 Å². The predicted molar refractivity (Wildman–Crippen MR) is 141 cm³/mol. The zero-order valence-corrected chi connectivity index (χ0v) is 22.0. The van der Waals surface area contributed by atoms with Gasteiger partial charge in [-0.1, -0.05) is 12.1 Å². The van der Waals surface area contributed by atoms with Crippen molar-refractivity contribution in [3.8, 4) is 11.5 Å². The maximum atomic E-state index is 13.2. The molecule has 0 saturated carbocycles. The number of sulfonamides is 1. The van der Waals surface area contributed by atoms with Crippen molar-refractivity contribution in [1.82, 2.24) is 5.32 Å². The zero-order valence-electron chi connectivity index (χ0n) is 21.2. The minimum Gasteiger partial charge on any atom is -0.497 e. The molecule has 0 radical (unpaired) electrons. The quantitative estimate of drug-likeness (QED) is 0.370. The lowest BCUT2D eigenvalue weighted by Crippen LogP contribution is -2.47. The van der Waals surface area contributed by atoms with Gasteiger partial charge in [-0.05, 0) is 66.6 Å². The first-order valence-corrected chi connectivity index (χ1v) is 14.0. The molecule has 11 heteroatoms. The molecule has 0 unspecified atom stereocenters. The summed E-state index contributed by atoms with van der Waals surface area (Å²) < 4.78 is 58.6. The summed E-state index contributed by atoms with van der Waals surface area (Å²) in [5, 5.41) is 12.9. The Morgan fingerprint density at radius 2 is 1.85 bits per heavy atom. The zero-order chi connectivity index (χ0) is 27.6. The minimum atomic E-state index is -3.93. The number of fused-ring (bicyclic) bond motifs is 3. The number of halogens is 1. The summed E-state index contributed by atoms with van der Waals surface area (Å²) in [6.07, 6.45) is -1.02. The molecule has 5 rings (SSSR count). The Labute approximate surface area is 226 Å². The largest absolute Gasteiger partial charge is 0.497 e. The molecule has 0 aliphatic carbocycles. The lowest BCUT2D eigenvalue weighted by molar-refractivity contribution is -0.142. The summed E-state index contributed by atoms with van der Waals surface area (Å²) in [4.78, 5) is 12.6. The summed E-state index contributed by atoms with van der Waals surface area (Å²) in [7, 11) is -2.34. The number of anilines is 1. The van der Waals surface area contributed by atoms with Gasteiger partial charge < -0.3 is 24.6 Å². The Kier molecular flexibility index (Phi) is 7.74. The smallest absolute Gasteiger partial charge is 0.261 e. The molecule has 206 valence electrons. The second kappa shape index (κ2) is 11.2. The lowest BCUT2D eigenvalue weighted by Gasteiger charge is -2.37. The molecule has 2 aliphatic rings. The third-order valence-corrected chi connectivity index (χ3v) is 8.33. The van der Waals surface area contributed by atoms with Gasteiger partial charge in [0.05, 0.1) is 31.1 Å². The van der Waals surface area contributed by atoms with E-state index < -0.39 is 34.2 Å². The minimum absolute atomic E-state index is 0.0642. The van der Waals surface area contributed by atoms with Gasteiger partial charge in [-0.15, -0.1) is 0 Å². The fraction of sp³-hybridized carbons (Fsp3) is 0.321. The topological polar surface area (TPSA) is 123 Å². The Balaban J connectivity index is 1.26. The van der Waals surface area contributed by atoms with Crippen LogP contribution in [0.4, 0.5) is 10.1 Å². The summed E-state index contributed by atoms with van der Waals surface area (Å²) in [5.74, 6) is 0.375. The monoisotopic (exact) mass is 556 g/mol. The van der Waals surface area contributed by atoms with Gasteiger partial charge in [-0.3, -0.25) is 9.52 Å².